The average molecular weight is 378 g/mol. The molecule has 2 rings (SSSR count). The molecule has 0 saturated carbocycles. The monoisotopic (exact) mass is 378 g/mol. The van der Waals surface area contributed by atoms with Crippen molar-refractivity contribution in [1.82, 2.24) is 10.2 Å². The van der Waals surface area contributed by atoms with E-state index in [1.165, 1.54) is 4.90 Å². The van der Waals surface area contributed by atoms with Crippen molar-refractivity contribution in [3.05, 3.63) is 23.8 Å². The molecule has 1 atom stereocenters. The summed E-state index contributed by atoms with van der Waals surface area (Å²) in [6, 6.07) is 5.05. The van der Waals surface area contributed by atoms with E-state index in [1.54, 1.807) is 7.11 Å². The molecule has 0 aliphatic carbocycles. The number of methoxy groups -OCH3 is 1. The Morgan fingerprint density at radius 3 is 2.63 bits per heavy atom. The molecule has 0 spiro atoms. The normalized spacial score (nSPS) is 16.8. The van der Waals surface area contributed by atoms with E-state index in [1.807, 2.05) is 45.9 Å². The summed E-state index contributed by atoms with van der Waals surface area (Å²) in [4.78, 5) is 26.4. The summed E-state index contributed by atoms with van der Waals surface area (Å²) in [5.74, 6) is 1.12. The average Bonchev–Trinajstić information content (AvgIpc) is 3.09. The highest BCUT2D eigenvalue weighted by molar-refractivity contribution is 5.86. The lowest BCUT2D eigenvalue weighted by Crippen LogP contribution is -2.47. The summed E-state index contributed by atoms with van der Waals surface area (Å²) in [6.45, 7) is 8.78. The van der Waals surface area contributed by atoms with Gasteiger partial charge in [-0.3, -0.25) is 9.69 Å². The molecule has 2 amide bonds. The van der Waals surface area contributed by atoms with Crippen LogP contribution in [0.4, 0.5) is 4.79 Å². The van der Waals surface area contributed by atoms with Crippen LogP contribution in [-0.2, 0) is 16.1 Å². The second-order valence-corrected chi connectivity index (χ2v) is 7.47. The van der Waals surface area contributed by atoms with E-state index >= 15 is 0 Å². The molecule has 1 saturated heterocycles. The van der Waals surface area contributed by atoms with E-state index in [4.69, 9.17) is 14.2 Å². The van der Waals surface area contributed by atoms with E-state index in [-0.39, 0.29) is 5.91 Å². The quantitative estimate of drug-likeness (QED) is 0.823. The van der Waals surface area contributed by atoms with Gasteiger partial charge in [-0.2, -0.15) is 0 Å². The number of likely N-dealkylation sites (tertiary alicyclic amines) is 1. The highest BCUT2D eigenvalue weighted by atomic mass is 16.6. The van der Waals surface area contributed by atoms with Gasteiger partial charge < -0.3 is 19.5 Å². The van der Waals surface area contributed by atoms with Crippen molar-refractivity contribution in [2.45, 2.75) is 58.7 Å². The Hall–Kier alpha value is -2.44. The summed E-state index contributed by atoms with van der Waals surface area (Å²) in [5, 5.41) is 2.91. The van der Waals surface area contributed by atoms with E-state index in [2.05, 4.69) is 5.32 Å². The first-order valence-corrected chi connectivity index (χ1v) is 9.32. The van der Waals surface area contributed by atoms with Crippen molar-refractivity contribution < 1.29 is 23.8 Å². The Morgan fingerprint density at radius 2 is 2.00 bits per heavy atom. The number of benzene rings is 1. The Bertz CT molecular complexity index is 669. The van der Waals surface area contributed by atoms with Crippen molar-refractivity contribution in [1.29, 1.82) is 0 Å². The summed E-state index contributed by atoms with van der Waals surface area (Å²) in [6.07, 6.45) is 0.981. The van der Waals surface area contributed by atoms with Crippen LogP contribution in [0.3, 0.4) is 0 Å². The third-order valence-corrected chi connectivity index (χ3v) is 4.18. The van der Waals surface area contributed by atoms with Crippen molar-refractivity contribution in [3.8, 4) is 11.5 Å². The molecule has 1 unspecified atom stereocenters. The highest BCUT2D eigenvalue weighted by Crippen LogP contribution is 2.28. The fraction of sp³-hybridized carbons (Fsp3) is 0.600. The Morgan fingerprint density at radius 1 is 1.26 bits per heavy atom. The topological polar surface area (TPSA) is 77.1 Å². The van der Waals surface area contributed by atoms with Crippen LogP contribution >= 0.6 is 0 Å². The van der Waals surface area contributed by atoms with Gasteiger partial charge in [-0.25, -0.2) is 4.79 Å². The summed E-state index contributed by atoms with van der Waals surface area (Å²) >= 11 is 0. The lowest BCUT2D eigenvalue weighted by molar-refractivity contribution is -0.125. The molecule has 7 heteroatoms. The molecule has 27 heavy (non-hydrogen) atoms. The lowest BCUT2D eigenvalue weighted by Gasteiger charge is -2.28. The highest BCUT2D eigenvalue weighted by Gasteiger charge is 2.36. The maximum atomic E-state index is 12.6. The van der Waals surface area contributed by atoms with Gasteiger partial charge in [0, 0.05) is 13.1 Å². The maximum absolute atomic E-state index is 12.6. The lowest BCUT2D eigenvalue weighted by atomic mass is 10.1. The van der Waals surface area contributed by atoms with E-state index < -0.39 is 17.7 Å². The number of rotatable bonds is 6. The molecular formula is C20H30N2O5. The van der Waals surface area contributed by atoms with Gasteiger partial charge in [0.1, 0.15) is 11.6 Å². The van der Waals surface area contributed by atoms with Crippen LogP contribution in [0.1, 0.15) is 46.1 Å². The van der Waals surface area contributed by atoms with Crippen LogP contribution in [0.15, 0.2) is 18.2 Å². The minimum atomic E-state index is -0.584. The first-order chi connectivity index (χ1) is 12.7. The molecule has 0 aromatic heterocycles. The van der Waals surface area contributed by atoms with Crippen LogP contribution in [0.2, 0.25) is 0 Å². The molecule has 1 aliphatic rings. The predicted octanol–water partition coefficient (Wildman–Crippen LogP) is 3.11. The predicted molar refractivity (Wildman–Crippen MR) is 102 cm³/mol. The van der Waals surface area contributed by atoms with E-state index in [0.717, 1.165) is 12.0 Å². The third-order valence-electron chi connectivity index (χ3n) is 4.18. The van der Waals surface area contributed by atoms with Gasteiger partial charge in [-0.1, -0.05) is 6.07 Å². The van der Waals surface area contributed by atoms with Crippen molar-refractivity contribution in [2.75, 3.05) is 20.3 Å². The SMILES string of the molecule is CCOc1ccc(CNC(=O)C2CCCN2C(=O)OC(C)(C)C)cc1OC. The number of hydrogen-bond acceptors (Lipinski definition) is 5. The van der Waals surface area contributed by atoms with Crippen molar-refractivity contribution in [2.24, 2.45) is 0 Å². The smallest absolute Gasteiger partial charge is 0.410 e. The first kappa shape index (κ1) is 20.9. The van der Waals surface area contributed by atoms with Crippen LogP contribution in [0.5, 0.6) is 11.5 Å². The molecule has 1 aromatic rings. The first-order valence-electron chi connectivity index (χ1n) is 9.32. The molecule has 1 aromatic carbocycles. The second kappa shape index (κ2) is 8.97. The molecule has 7 nitrogen and oxygen atoms in total. The maximum Gasteiger partial charge on any atom is 0.410 e. The van der Waals surface area contributed by atoms with Gasteiger partial charge >= 0.3 is 6.09 Å². The molecule has 0 radical (unpaired) electrons. The Balaban J connectivity index is 1.97. The number of hydrogen-bond donors (Lipinski definition) is 1. The van der Waals surface area contributed by atoms with Crippen LogP contribution in [0.25, 0.3) is 0 Å². The standard InChI is InChI=1S/C20H30N2O5/c1-6-26-16-10-9-14(12-17(16)25-5)13-21-18(23)15-8-7-11-22(15)19(24)27-20(2,3)4/h9-10,12,15H,6-8,11,13H2,1-5H3,(H,21,23). The number of carbonyl (C=O) groups is 2. The number of ether oxygens (including phenoxy) is 3. The zero-order chi connectivity index (χ0) is 20.0. The number of amides is 2. The number of nitrogens with one attached hydrogen (secondary N) is 1. The molecule has 1 aliphatic heterocycles. The number of nitrogens with zero attached hydrogens (tertiary/aromatic N) is 1. The van der Waals surface area contributed by atoms with Gasteiger partial charge in [-0.05, 0) is 58.2 Å². The Kier molecular flexibility index (Phi) is 6.93. The second-order valence-electron chi connectivity index (χ2n) is 7.47. The van der Waals surface area contributed by atoms with Crippen LogP contribution in [0, 0.1) is 0 Å². The minimum absolute atomic E-state index is 0.175. The van der Waals surface area contributed by atoms with Crippen molar-refractivity contribution in [3.63, 3.8) is 0 Å². The summed E-state index contributed by atoms with van der Waals surface area (Å²) < 4.78 is 16.2. The largest absolute Gasteiger partial charge is 0.493 e. The molecule has 0 bridgehead atoms. The van der Waals surface area contributed by atoms with Crippen molar-refractivity contribution >= 4 is 12.0 Å². The van der Waals surface area contributed by atoms with Gasteiger partial charge in [0.25, 0.3) is 0 Å². The third kappa shape index (κ3) is 5.77. The molecule has 1 heterocycles. The van der Waals surface area contributed by atoms with Gasteiger partial charge in [0.2, 0.25) is 5.91 Å². The zero-order valence-corrected chi connectivity index (χ0v) is 16.8. The summed E-state index contributed by atoms with van der Waals surface area (Å²) in [5.41, 5.74) is 0.310. The Labute approximate surface area is 161 Å². The minimum Gasteiger partial charge on any atom is -0.493 e. The van der Waals surface area contributed by atoms with Gasteiger partial charge in [0.05, 0.1) is 13.7 Å². The number of carbonyl (C=O) groups excluding carboxylic acids is 2. The fourth-order valence-electron chi connectivity index (χ4n) is 2.98. The molecular weight excluding hydrogens is 348 g/mol. The van der Waals surface area contributed by atoms with Gasteiger partial charge in [-0.15, -0.1) is 0 Å². The molecule has 1 fully saturated rings. The summed E-state index contributed by atoms with van der Waals surface area (Å²) in [7, 11) is 1.58. The molecule has 1 N–H and O–H groups in total. The van der Waals surface area contributed by atoms with Gasteiger partial charge in [0.15, 0.2) is 11.5 Å². The van der Waals surface area contributed by atoms with Crippen LogP contribution < -0.4 is 14.8 Å². The van der Waals surface area contributed by atoms with E-state index in [0.29, 0.717) is 37.6 Å². The fourth-order valence-corrected chi connectivity index (χ4v) is 2.98. The zero-order valence-electron chi connectivity index (χ0n) is 16.8. The van der Waals surface area contributed by atoms with Crippen LogP contribution in [-0.4, -0.2) is 48.8 Å². The molecule has 150 valence electrons. The van der Waals surface area contributed by atoms with E-state index in [9.17, 15) is 9.59 Å².